The maximum atomic E-state index is 12.7. The van der Waals surface area contributed by atoms with Crippen LogP contribution in [0.4, 0.5) is 13.2 Å². The number of rotatable bonds is 4. The molecule has 0 aliphatic carbocycles. The molecule has 0 atom stereocenters. The number of aromatic nitrogens is 2. The van der Waals surface area contributed by atoms with Crippen molar-refractivity contribution in [3.63, 3.8) is 0 Å². The highest BCUT2D eigenvalue weighted by Gasteiger charge is 2.30. The van der Waals surface area contributed by atoms with Gasteiger partial charge in [-0.05, 0) is 18.2 Å². The zero-order chi connectivity index (χ0) is 19.8. The molecule has 0 fully saturated rings. The Bertz CT molecular complexity index is 892. The zero-order valence-electron chi connectivity index (χ0n) is 14.3. The second-order valence-corrected chi connectivity index (χ2v) is 6.11. The van der Waals surface area contributed by atoms with Gasteiger partial charge in [0.1, 0.15) is 5.75 Å². The lowest BCUT2D eigenvalue weighted by Gasteiger charge is -2.27. The second kappa shape index (κ2) is 6.93. The van der Waals surface area contributed by atoms with Gasteiger partial charge in [-0.3, -0.25) is 9.48 Å². The number of amides is 1. The van der Waals surface area contributed by atoms with E-state index in [1.165, 1.54) is 33.8 Å². The monoisotopic (exact) mass is 383 g/mol. The summed E-state index contributed by atoms with van der Waals surface area (Å²) in [5.41, 5.74) is 1.28. The van der Waals surface area contributed by atoms with E-state index in [2.05, 4.69) is 9.84 Å². The number of alkyl halides is 3. The highest BCUT2D eigenvalue weighted by atomic mass is 19.4. The molecule has 1 aliphatic heterocycles. The summed E-state index contributed by atoms with van der Waals surface area (Å²) in [6.07, 6.45) is -4.04. The molecule has 0 bridgehead atoms. The SMILES string of the molecule is Cn1nc(C(=O)O)c2c1CCN(C(=O)c1cccc(OCC(F)(F)F)c1)C2. The number of ether oxygens (including phenoxy) is 1. The molecule has 1 N–H and O–H groups in total. The summed E-state index contributed by atoms with van der Waals surface area (Å²) in [5, 5.41) is 13.2. The Morgan fingerprint density at radius 1 is 1.33 bits per heavy atom. The molecule has 144 valence electrons. The van der Waals surface area contributed by atoms with Crippen LogP contribution in [0, 0.1) is 0 Å². The number of carboxylic acid groups (broad SMARTS) is 1. The Kier molecular flexibility index (Phi) is 4.81. The summed E-state index contributed by atoms with van der Waals surface area (Å²) in [6, 6.07) is 5.48. The predicted molar refractivity (Wildman–Crippen MR) is 86.6 cm³/mol. The predicted octanol–water partition coefficient (Wildman–Crippen LogP) is 2.26. The second-order valence-electron chi connectivity index (χ2n) is 6.11. The smallest absolute Gasteiger partial charge is 0.422 e. The lowest BCUT2D eigenvalue weighted by Crippen LogP contribution is -2.36. The maximum Gasteiger partial charge on any atom is 0.422 e. The molecule has 2 heterocycles. The van der Waals surface area contributed by atoms with E-state index < -0.39 is 24.7 Å². The van der Waals surface area contributed by atoms with Gasteiger partial charge in [-0.15, -0.1) is 0 Å². The third-order valence-electron chi connectivity index (χ3n) is 4.22. The lowest BCUT2D eigenvalue weighted by atomic mass is 10.0. The number of hydrogen-bond acceptors (Lipinski definition) is 4. The number of nitrogens with zero attached hydrogens (tertiary/aromatic N) is 3. The number of fused-ring (bicyclic) bond motifs is 1. The number of hydrogen-bond donors (Lipinski definition) is 1. The molecule has 1 amide bonds. The minimum atomic E-state index is -4.48. The van der Waals surface area contributed by atoms with Crippen molar-refractivity contribution in [1.82, 2.24) is 14.7 Å². The van der Waals surface area contributed by atoms with Gasteiger partial charge >= 0.3 is 12.1 Å². The Labute approximate surface area is 151 Å². The minimum Gasteiger partial charge on any atom is -0.484 e. The highest BCUT2D eigenvalue weighted by Crippen LogP contribution is 2.25. The Balaban J connectivity index is 1.78. The molecular weight excluding hydrogens is 367 g/mol. The summed E-state index contributed by atoms with van der Waals surface area (Å²) in [4.78, 5) is 25.5. The van der Waals surface area contributed by atoms with Crippen molar-refractivity contribution in [2.75, 3.05) is 13.2 Å². The molecule has 10 heteroatoms. The van der Waals surface area contributed by atoms with Crippen LogP contribution in [0.25, 0.3) is 0 Å². The van der Waals surface area contributed by atoms with Gasteiger partial charge in [-0.1, -0.05) is 6.07 Å². The van der Waals surface area contributed by atoms with Crippen molar-refractivity contribution in [1.29, 1.82) is 0 Å². The number of carbonyl (C=O) groups is 2. The molecule has 1 aromatic heterocycles. The van der Waals surface area contributed by atoms with E-state index in [9.17, 15) is 27.9 Å². The van der Waals surface area contributed by atoms with Crippen molar-refractivity contribution in [2.24, 2.45) is 7.05 Å². The van der Waals surface area contributed by atoms with Crippen molar-refractivity contribution >= 4 is 11.9 Å². The first-order valence-electron chi connectivity index (χ1n) is 8.02. The van der Waals surface area contributed by atoms with Crippen molar-refractivity contribution in [3.8, 4) is 5.75 Å². The van der Waals surface area contributed by atoms with Crippen LogP contribution in [0.1, 0.15) is 32.1 Å². The fraction of sp³-hybridized carbons (Fsp3) is 0.353. The fourth-order valence-electron chi connectivity index (χ4n) is 3.00. The summed E-state index contributed by atoms with van der Waals surface area (Å²) in [7, 11) is 1.64. The van der Waals surface area contributed by atoms with Crippen LogP contribution >= 0.6 is 0 Å². The third kappa shape index (κ3) is 4.04. The topological polar surface area (TPSA) is 84.7 Å². The van der Waals surface area contributed by atoms with Crippen LogP contribution in [0.2, 0.25) is 0 Å². The number of carboxylic acids is 1. The van der Waals surface area contributed by atoms with Crippen LogP contribution in [-0.2, 0) is 20.0 Å². The maximum absolute atomic E-state index is 12.7. The van der Waals surface area contributed by atoms with E-state index in [1.54, 1.807) is 7.05 Å². The first-order valence-corrected chi connectivity index (χ1v) is 8.02. The van der Waals surface area contributed by atoms with Gasteiger partial charge in [0.25, 0.3) is 5.91 Å². The van der Waals surface area contributed by atoms with E-state index in [0.717, 1.165) is 5.69 Å². The number of aromatic carboxylic acids is 1. The van der Waals surface area contributed by atoms with E-state index in [0.29, 0.717) is 18.5 Å². The highest BCUT2D eigenvalue weighted by molar-refractivity contribution is 5.95. The summed E-state index contributed by atoms with van der Waals surface area (Å²) < 4.78 is 43.0. The van der Waals surface area contributed by atoms with E-state index in [4.69, 9.17) is 0 Å². The average molecular weight is 383 g/mol. The molecule has 2 aromatic rings. The van der Waals surface area contributed by atoms with Gasteiger partial charge < -0.3 is 14.7 Å². The molecule has 0 unspecified atom stereocenters. The molecule has 0 radical (unpaired) electrons. The minimum absolute atomic E-state index is 0.0662. The molecule has 0 saturated heterocycles. The Morgan fingerprint density at radius 2 is 2.07 bits per heavy atom. The molecule has 7 nitrogen and oxygen atoms in total. The van der Waals surface area contributed by atoms with Gasteiger partial charge in [-0.2, -0.15) is 18.3 Å². The Hall–Kier alpha value is -3.04. The lowest BCUT2D eigenvalue weighted by molar-refractivity contribution is -0.153. The quantitative estimate of drug-likeness (QED) is 0.876. The normalized spacial score (nSPS) is 14.0. The number of aryl methyl sites for hydroxylation is 1. The standard InChI is InChI=1S/C17H16F3N3O4/c1-22-13-5-6-23(8-12(13)14(21-22)16(25)26)15(24)10-3-2-4-11(7-10)27-9-17(18,19)20/h2-4,7H,5-6,8-9H2,1H3,(H,25,26). The molecule has 0 saturated carbocycles. The van der Waals surface area contributed by atoms with Crippen molar-refractivity contribution < 1.29 is 32.6 Å². The van der Waals surface area contributed by atoms with Gasteiger partial charge in [0, 0.05) is 36.8 Å². The van der Waals surface area contributed by atoms with Crippen LogP contribution in [0.3, 0.4) is 0 Å². The zero-order valence-corrected chi connectivity index (χ0v) is 14.3. The van der Waals surface area contributed by atoms with Crippen molar-refractivity contribution in [2.45, 2.75) is 19.1 Å². The Morgan fingerprint density at radius 3 is 2.74 bits per heavy atom. The summed E-state index contributed by atoms with van der Waals surface area (Å²) in [6.45, 7) is -1.04. The fourth-order valence-corrected chi connectivity index (χ4v) is 3.00. The third-order valence-corrected chi connectivity index (χ3v) is 4.22. The van der Waals surface area contributed by atoms with Crippen LogP contribution in [-0.4, -0.2) is 51.0 Å². The van der Waals surface area contributed by atoms with Gasteiger partial charge in [-0.25, -0.2) is 4.79 Å². The van der Waals surface area contributed by atoms with Crippen molar-refractivity contribution in [3.05, 3.63) is 46.8 Å². The number of carbonyl (C=O) groups excluding carboxylic acids is 1. The molecular formula is C17H16F3N3O4. The van der Waals surface area contributed by atoms with E-state index in [1.807, 2.05) is 0 Å². The van der Waals surface area contributed by atoms with Gasteiger partial charge in [0.05, 0.1) is 6.54 Å². The molecule has 1 aromatic carbocycles. The molecule has 1 aliphatic rings. The summed E-state index contributed by atoms with van der Waals surface area (Å²) in [5.74, 6) is -1.66. The molecule has 0 spiro atoms. The first kappa shape index (κ1) is 18.7. The largest absolute Gasteiger partial charge is 0.484 e. The number of halogens is 3. The number of benzene rings is 1. The van der Waals surface area contributed by atoms with Crippen LogP contribution in [0.15, 0.2) is 24.3 Å². The van der Waals surface area contributed by atoms with Gasteiger partial charge in [0.2, 0.25) is 0 Å². The van der Waals surface area contributed by atoms with E-state index in [-0.39, 0.29) is 23.6 Å². The average Bonchev–Trinajstić information content (AvgIpc) is 2.95. The van der Waals surface area contributed by atoms with Gasteiger partial charge in [0.15, 0.2) is 12.3 Å². The van der Waals surface area contributed by atoms with Crippen LogP contribution in [0.5, 0.6) is 5.75 Å². The first-order chi connectivity index (χ1) is 12.7. The van der Waals surface area contributed by atoms with Crippen LogP contribution < -0.4 is 4.74 Å². The molecule has 3 rings (SSSR count). The van der Waals surface area contributed by atoms with E-state index >= 15 is 0 Å². The summed E-state index contributed by atoms with van der Waals surface area (Å²) >= 11 is 0. The molecule has 27 heavy (non-hydrogen) atoms.